The van der Waals surface area contributed by atoms with Gasteiger partial charge < -0.3 is 11.1 Å². The van der Waals surface area contributed by atoms with E-state index in [-0.39, 0.29) is 5.91 Å². The van der Waals surface area contributed by atoms with E-state index < -0.39 is 0 Å². The molecule has 0 radical (unpaired) electrons. The summed E-state index contributed by atoms with van der Waals surface area (Å²) in [6.45, 7) is 0.534. The Bertz CT molecular complexity index is 646. The molecule has 0 bridgehead atoms. The number of nitrogens with one attached hydrogen (secondary N) is 1. The second-order valence-corrected chi connectivity index (χ2v) is 4.61. The number of aryl methyl sites for hydroxylation is 1. The lowest BCUT2D eigenvalue weighted by molar-refractivity contribution is -0.115. The monoisotopic (exact) mass is 257 g/mol. The molecule has 0 saturated carbocycles. The molecule has 3 rings (SSSR count). The maximum absolute atomic E-state index is 11.3. The Morgan fingerprint density at radius 2 is 2.32 bits per heavy atom. The quantitative estimate of drug-likeness (QED) is 0.837. The lowest BCUT2D eigenvalue weighted by atomic mass is 10.1. The predicted octanol–water partition coefficient (Wildman–Crippen LogP) is 0.478. The van der Waals surface area contributed by atoms with Crippen LogP contribution in [-0.2, 0) is 24.7 Å². The van der Waals surface area contributed by atoms with E-state index in [1.165, 1.54) is 0 Å². The van der Waals surface area contributed by atoms with Crippen LogP contribution in [0.15, 0.2) is 18.2 Å². The maximum Gasteiger partial charge on any atom is 0.228 e. The maximum atomic E-state index is 11.3. The van der Waals surface area contributed by atoms with Crippen molar-refractivity contribution in [3.05, 3.63) is 29.6 Å². The molecule has 19 heavy (non-hydrogen) atoms. The molecule has 3 N–H and O–H groups in total. The Kier molecular flexibility index (Phi) is 2.79. The Labute approximate surface area is 110 Å². The number of rotatable bonds is 3. The van der Waals surface area contributed by atoms with E-state index in [9.17, 15) is 4.79 Å². The molecule has 0 fully saturated rings. The van der Waals surface area contributed by atoms with Crippen LogP contribution in [0.3, 0.4) is 0 Å². The lowest BCUT2D eigenvalue weighted by Crippen LogP contribution is -2.04. The van der Waals surface area contributed by atoms with E-state index in [2.05, 4.69) is 15.4 Å². The van der Waals surface area contributed by atoms with Gasteiger partial charge in [0.2, 0.25) is 5.91 Å². The molecule has 2 heterocycles. The Hall–Kier alpha value is -2.21. The summed E-state index contributed by atoms with van der Waals surface area (Å²) in [5, 5.41) is 7.15. The summed E-state index contributed by atoms with van der Waals surface area (Å²) >= 11 is 0. The van der Waals surface area contributed by atoms with Gasteiger partial charge in [-0.2, -0.15) is 5.10 Å². The van der Waals surface area contributed by atoms with Crippen LogP contribution in [0.2, 0.25) is 0 Å². The second kappa shape index (κ2) is 4.47. The van der Waals surface area contributed by atoms with Gasteiger partial charge in [0, 0.05) is 24.7 Å². The van der Waals surface area contributed by atoms with Gasteiger partial charge in [-0.05, 0) is 30.3 Å². The third-order valence-electron chi connectivity index (χ3n) is 3.16. The average molecular weight is 257 g/mol. The second-order valence-electron chi connectivity index (χ2n) is 4.61. The molecule has 0 atom stereocenters. The third kappa shape index (κ3) is 2.10. The standard InChI is InChI=1S/C13H15N5O/c1-18-13(16-11(17-18)4-5-14)8-2-3-10-9(6-8)7-12(19)15-10/h2-3,6H,4-5,7,14H2,1H3,(H,15,19). The number of carbonyl (C=O) groups is 1. The molecule has 6 heteroatoms. The first-order chi connectivity index (χ1) is 9.17. The van der Waals surface area contributed by atoms with Gasteiger partial charge in [0.15, 0.2) is 11.6 Å². The summed E-state index contributed by atoms with van der Waals surface area (Å²) in [5.41, 5.74) is 8.37. The first-order valence-corrected chi connectivity index (χ1v) is 6.20. The predicted molar refractivity (Wildman–Crippen MR) is 71.5 cm³/mol. The number of nitrogens with zero attached hydrogens (tertiary/aromatic N) is 3. The summed E-state index contributed by atoms with van der Waals surface area (Å²) in [6.07, 6.45) is 1.09. The summed E-state index contributed by atoms with van der Waals surface area (Å²) in [6, 6.07) is 5.84. The van der Waals surface area contributed by atoms with Gasteiger partial charge in [0.25, 0.3) is 0 Å². The van der Waals surface area contributed by atoms with Crippen LogP contribution in [0, 0.1) is 0 Å². The Morgan fingerprint density at radius 1 is 1.47 bits per heavy atom. The Morgan fingerprint density at radius 3 is 3.11 bits per heavy atom. The van der Waals surface area contributed by atoms with E-state index in [0.29, 0.717) is 19.4 Å². The minimum absolute atomic E-state index is 0.0361. The average Bonchev–Trinajstić information content (AvgIpc) is 2.90. The molecule has 1 amide bonds. The number of fused-ring (bicyclic) bond motifs is 1. The lowest BCUT2D eigenvalue weighted by Gasteiger charge is -2.03. The fourth-order valence-corrected chi connectivity index (χ4v) is 2.29. The SMILES string of the molecule is Cn1nc(CCN)nc1-c1ccc2c(c1)CC(=O)N2. The van der Waals surface area contributed by atoms with Gasteiger partial charge in [-0.25, -0.2) is 9.67 Å². The number of hydrogen-bond acceptors (Lipinski definition) is 4. The largest absolute Gasteiger partial charge is 0.330 e. The number of carbonyl (C=O) groups excluding carboxylic acids is 1. The molecule has 0 spiro atoms. The van der Waals surface area contributed by atoms with E-state index in [4.69, 9.17) is 5.73 Å². The van der Waals surface area contributed by atoms with E-state index >= 15 is 0 Å². The van der Waals surface area contributed by atoms with Crippen molar-refractivity contribution in [3.63, 3.8) is 0 Å². The summed E-state index contributed by atoms with van der Waals surface area (Å²) < 4.78 is 1.75. The smallest absolute Gasteiger partial charge is 0.228 e. The molecule has 1 aromatic carbocycles. The first-order valence-electron chi connectivity index (χ1n) is 6.20. The van der Waals surface area contributed by atoms with Crippen LogP contribution >= 0.6 is 0 Å². The van der Waals surface area contributed by atoms with Crippen molar-refractivity contribution in [3.8, 4) is 11.4 Å². The number of anilines is 1. The van der Waals surface area contributed by atoms with E-state index in [0.717, 1.165) is 28.5 Å². The summed E-state index contributed by atoms with van der Waals surface area (Å²) in [4.78, 5) is 15.8. The zero-order valence-corrected chi connectivity index (χ0v) is 10.7. The molecule has 1 aromatic heterocycles. The topological polar surface area (TPSA) is 85.8 Å². The molecular weight excluding hydrogens is 242 g/mol. The zero-order valence-electron chi connectivity index (χ0n) is 10.7. The van der Waals surface area contributed by atoms with Gasteiger partial charge in [0.1, 0.15) is 0 Å². The minimum atomic E-state index is 0.0361. The van der Waals surface area contributed by atoms with Crippen LogP contribution in [-0.4, -0.2) is 27.2 Å². The zero-order chi connectivity index (χ0) is 13.4. The summed E-state index contributed by atoms with van der Waals surface area (Å²) in [5.74, 6) is 1.58. The highest BCUT2D eigenvalue weighted by atomic mass is 16.1. The van der Waals surface area contributed by atoms with Gasteiger partial charge in [0.05, 0.1) is 6.42 Å². The van der Waals surface area contributed by atoms with Crippen molar-refractivity contribution in [1.29, 1.82) is 0 Å². The first kappa shape index (κ1) is 11.9. The van der Waals surface area contributed by atoms with Crippen LogP contribution in [0.4, 0.5) is 5.69 Å². The fraction of sp³-hybridized carbons (Fsp3) is 0.308. The van der Waals surface area contributed by atoms with Crippen LogP contribution in [0.5, 0.6) is 0 Å². The van der Waals surface area contributed by atoms with E-state index in [1.54, 1.807) is 4.68 Å². The van der Waals surface area contributed by atoms with Gasteiger partial charge in [-0.15, -0.1) is 0 Å². The minimum Gasteiger partial charge on any atom is -0.330 e. The Balaban J connectivity index is 1.99. The highest BCUT2D eigenvalue weighted by Crippen LogP contribution is 2.28. The molecule has 2 aromatic rings. The molecular formula is C13H15N5O. The fourth-order valence-electron chi connectivity index (χ4n) is 2.29. The summed E-state index contributed by atoms with van der Waals surface area (Å²) in [7, 11) is 1.86. The van der Waals surface area contributed by atoms with Gasteiger partial charge in [-0.1, -0.05) is 0 Å². The van der Waals surface area contributed by atoms with Gasteiger partial charge in [-0.3, -0.25) is 4.79 Å². The molecule has 0 saturated heterocycles. The number of benzene rings is 1. The molecule has 1 aliphatic heterocycles. The molecule has 1 aliphatic rings. The van der Waals surface area contributed by atoms with Gasteiger partial charge >= 0.3 is 0 Å². The van der Waals surface area contributed by atoms with Crippen LogP contribution in [0.25, 0.3) is 11.4 Å². The van der Waals surface area contributed by atoms with Crippen molar-refractivity contribution >= 4 is 11.6 Å². The third-order valence-corrected chi connectivity index (χ3v) is 3.16. The highest BCUT2D eigenvalue weighted by molar-refractivity contribution is 5.99. The highest BCUT2D eigenvalue weighted by Gasteiger charge is 2.19. The van der Waals surface area contributed by atoms with Crippen molar-refractivity contribution in [2.24, 2.45) is 12.8 Å². The molecule has 98 valence electrons. The van der Waals surface area contributed by atoms with Crippen molar-refractivity contribution in [2.45, 2.75) is 12.8 Å². The van der Waals surface area contributed by atoms with Crippen molar-refractivity contribution in [2.75, 3.05) is 11.9 Å². The normalized spacial score (nSPS) is 13.5. The number of nitrogens with two attached hydrogens (primary N) is 1. The molecule has 0 unspecified atom stereocenters. The van der Waals surface area contributed by atoms with Crippen molar-refractivity contribution in [1.82, 2.24) is 14.8 Å². The molecule has 0 aliphatic carbocycles. The van der Waals surface area contributed by atoms with Crippen LogP contribution in [0.1, 0.15) is 11.4 Å². The number of amides is 1. The van der Waals surface area contributed by atoms with Crippen molar-refractivity contribution < 1.29 is 4.79 Å². The van der Waals surface area contributed by atoms with Crippen LogP contribution < -0.4 is 11.1 Å². The number of aromatic nitrogens is 3. The number of hydrogen-bond donors (Lipinski definition) is 2. The van der Waals surface area contributed by atoms with E-state index in [1.807, 2.05) is 25.2 Å². The molecule has 6 nitrogen and oxygen atoms in total.